The lowest BCUT2D eigenvalue weighted by Gasteiger charge is -2.17. The Balaban J connectivity index is 2.09. The first-order valence-electron chi connectivity index (χ1n) is 7.11. The number of aromatic amines is 1. The van der Waals surface area contributed by atoms with Crippen molar-refractivity contribution in [1.82, 2.24) is 15.1 Å². The summed E-state index contributed by atoms with van der Waals surface area (Å²) in [4.78, 5) is 14.0. The summed E-state index contributed by atoms with van der Waals surface area (Å²) in [5.41, 5.74) is 2.19. The van der Waals surface area contributed by atoms with E-state index in [1.807, 2.05) is 12.1 Å². The fourth-order valence-electron chi connectivity index (χ4n) is 2.21. The van der Waals surface area contributed by atoms with Crippen molar-refractivity contribution >= 4 is 29.1 Å². The quantitative estimate of drug-likeness (QED) is 0.887. The average Bonchev–Trinajstić information content (AvgIpc) is 2.90. The maximum atomic E-state index is 12.4. The Morgan fingerprint density at radius 3 is 2.77 bits per heavy atom. The second-order valence-corrected chi connectivity index (χ2v) is 6.54. The zero-order valence-corrected chi connectivity index (χ0v) is 14.4. The lowest BCUT2D eigenvalue weighted by Crippen LogP contribution is -2.26. The lowest BCUT2D eigenvalue weighted by atomic mass is 10.1. The third-order valence-corrected chi connectivity index (χ3v) is 4.12. The van der Waals surface area contributed by atoms with E-state index in [9.17, 15) is 4.79 Å². The normalized spacial score (nSPS) is 11.0. The van der Waals surface area contributed by atoms with Gasteiger partial charge >= 0.3 is 0 Å². The number of hydrogen-bond acceptors (Lipinski definition) is 2. The van der Waals surface area contributed by atoms with Gasteiger partial charge in [-0.05, 0) is 30.0 Å². The molecule has 0 aliphatic carbocycles. The maximum absolute atomic E-state index is 12.4. The van der Waals surface area contributed by atoms with Gasteiger partial charge in [-0.25, -0.2) is 0 Å². The van der Waals surface area contributed by atoms with E-state index >= 15 is 0 Å². The molecule has 2 aromatic rings. The van der Waals surface area contributed by atoms with Gasteiger partial charge in [-0.15, -0.1) is 0 Å². The number of H-pyrrole nitrogens is 1. The minimum absolute atomic E-state index is 0.151. The molecule has 118 valence electrons. The summed E-state index contributed by atoms with van der Waals surface area (Å²) < 4.78 is 0. The molecule has 6 heteroatoms. The maximum Gasteiger partial charge on any atom is 0.274 e. The first kappa shape index (κ1) is 16.8. The number of carbonyl (C=O) groups excluding carboxylic acids is 1. The molecule has 0 unspecified atom stereocenters. The van der Waals surface area contributed by atoms with Crippen LogP contribution in [0.15, 0.2) is 24.3 Å². The van der Waals surface area contributed by atoms with Gasteiger partial charge in [-0.1, -0.05) is 49.2 Å². The summed E-state index contributed by atoms with van der Waals surface area (Å²) in [5, 5.41) is 7.97. The van der Waals surface area contributed by atoms with Crippen molar-refractivity contribution in [1.29, 1.82) is 0 Å². The minimum atomic E-state index is -0.151. The highest BCUT2D eigenvalue weighted by Crippen LogP contribution is 2.26. The first-order valence-corrected chi connectivity index (χ1v) is 7.86. The van der Waals surface area contributed by atoms with E-state index in [0.717, 1.165) is 17.7 Å². The van der Waals surface area contributed by atoms with Crippen molar-refractivity contribution in [3.8, 4) is 0 Å². The third-order valence-electron chi connectivity index (χ3n) is 3.26. The lowest BCUT2D eigenvalue weighted by molar-refractivity contribution is 0.0779. The molecule has 1 aromatic heterocycles. The summed E-state index contributed by atoms with van der Waals surface area (Å²) in [6.07, 6.45) is 0.865. The highest BCUT2D eigenvalue weighted by molar-refractivity contribution is 6.42. The van der Waals surface area contributed by atoms with Gasteiger partial charge in [-0.3, -0.25) is 9.89 Å². The molecule has 4 nitrogen and oxygen atoms in total. The Labute approximate surface area is 140 Å². The molecule has 0 fully saturated rings. The number of hydrogen-bond donors (Lipinski definition) is 1. The fourth-order valence-corrected chi connectivity index (χ4v) is 2.59. The first-order chi connectivity index (χ1) is 10.4. The van der Waals surface area contributed by atoms with Crippen LogP contribution < -0.4 is 0 Å². The molecule has 0 atom stereocenters. The molecule has 0 aliphatic rings. The van der Waals surface area contributed by atoms with Crippen LogP contribution in [0.3, 0.4) is 0 Å². The molecule has 0 saturated carbocycles. The van der Waals surface area contributed by atoms with Gasteiger partial charge in [0, 0.05) is 19.3 Å². The van der Waals surface area contributed by atoms with E-state index in [-0.39, 0.29) is 5.91 Å². The molecule has 0 radical (unpaired) electrons. The summed E-state index contributed by atoms with van der Waals surface area (Å²) in [6, 6.07) is 7.20. The van der Waals surface area contributed by atoms with Gasteiger partial charge in [0.15, 0.2) is 0 Å². The molecule has 2 rings (SSSR count). The molecule has 0 saturated heterocycles. The fraction of sp³-hybridized carbons (Fsp3) is 0.375. The van der Waals surface area contributed by atoms with Gasteiger partial charge in [0.1, 0.15) is 5.69 Å². The predicted octanol–water partition coefficient (Wildman–Crippen LogP) is 4.19. The second-order valence-electron chi connectivity index (χ2n) is 5.75. The molecule has 1 N–H and O–H groups in total. The standard InChI is InChI=1S/C16H19Cl2N3O/c1-10(2)7-12-8-14(20-19-12)16(22)21(3)9-11-5-4-6-13(17)15(11)18/h4-6,8,10H,7,9H2,1-3H3,(H,19,20). The number of rotatable bonds is 5. The predicted molar refractivity (Wildman–Crippen MR) is 89.4 cm³/mol. The van der Waals surface area contributed by atoms with E-state index in [1.54, 1.807) is 24.1 Å². The van der Waals surface area contributed by atoms with Gasteiger partial charge < -0.3 is 4.90 Å². The Kier molecular flexibility index (Phi) is 5.48. The van der Waals surface area contributed by atoms with Crippen LogP contribution in [-0.4, -0.2) is 28.1 Å². The number of carbonyl (C=O) groups is 1. The van der Waals surface area contributed by atoms with Gasteiger partial charge in [-0.2, -0.15) is 5.10 Å². The Bertz CT molecular complexity index is 667. The van der Waals surface area contributed by atoms with Crippen molar-refractivity contribution in [3.63, 3.8) is 0 Å². The van der Waals surface area contributed by atoms with Crippen molar-refractivity contribution in [3.05, 3.63) is 51.3 Å². The van der Waals surface area contributed by atoms with Crippen LogP contribution in [0.25, 0.3) is 0 Å². The zero-order chi connectivity index (χ0) is 16.3. The Hall–Kier alpha value is -1.52. The topological polar surface area (TPSA) is 49.0 Å². The van der Waals surface area contributed by atoms with Crippen LogP contribution in [-0.2, 0) is 13.0 Å². The van der Waals surface area contributed by atoms with Crippen molar-refractivity contribution in [2.45, 2.75) is 26.8 Å². The van der Waals surface area contributed by atoms with E-state index in [4.69, 9.17) is 23.2 Å². The molecule has 1 amide bonds. The highest BCUT2D eigenvalue weighted by Gasteiger charge is 2.17. The SMILES string of the molecule is CC(C)Cc1cc(C(=O)N(C)Cc2cccc(Cl)c2Cl)n[nH]1. The number of amides is 1. The van der Waals surface area contributed by atoms with E-state index in [1.165, 1.54) is 0 Å². The third kappa shape index (κ3) is 4.02. The largest absolute Gasteiger partial charge is 0.336 e. The monoisotopic (exact) mass is 339 g/mol. The van der Waals surface area contributed by atoms with Gasteiger partial charge in [0.25, 0.3) is 5.91 Å². The average molecular weight is 340 g/mol. The Morgan fingerprint density at radius 2 is 2.09 bits per heavy atom. The summed E-state index contributed by atoms with van der Waals surface area (Å²) in [7, 11) is 1.72. The number of benzene rings is 1. The Morgan fingerprint density at radius 1 is 1.36 bits per heavy atom. The van der Waals surface area contributed by atoms with Crippen LogP contribution in [0.1, 0.15) is 35.6 Å². The van der Waals surface area contributed by atoms with Gasteiger partial charge in [0.2, 0.25) is 0 Å². The summed E-state index contributed by atoms with van der Waals surface area (Å²) >= 11 is 12.2. The second kappa shape index (κ2) is 7.16. The smallest absolute Gasteiger partial charge is 0.274 e. The molecule has 0 spiro atoms. The molecule has 0 aliphatic heterocycles. The summed E-state index contributed by atoms with van der Waals surface area (Å²) in [5.74, 6) is 0.355. The molecular formula is C16H19Cl2N3O. The van der Waals surface area contributed by atoms with Crippen LogP contribution in [0, 0.1) is 5.92 Å². The number of nitrogens with one attached hydrogen (secondary N) is 1. The van der Waals surface area contributed by atoms with Gasteiger partial charge in [0.05, 0.1) is 10.0 Å². The van der Waals surface area contributed by atoms with Crippen molar-refractivity contribution in [2.75, 3.05) is 7.05 Å². The van der Waals surface area contributed by atoms with E-state index in [0.29, 0.717) is 28.2 Å². The van der Waals surface area contributed by atoms with Crippen molar-refractivity contribution < 1.29 is 4.79 Å². The van der Waals surface area contributed by atoms with Crippen LogP contribution in [0.4, 0.5) is 0 Å². The van der Waals surface area contributed by atoms with Crippen LogP contribution in [0.5, 0.6) is 0 Å². The number of aromatic nitrogens is 2. The van der Waals surface area contributed by atoms with Crippen molar-refractivity contribution in [2.24, 2.45) is 5.92 Å². The summed E-state index contributed by atoms with van der Waals surface area (Å²) in [6.45, 7) is 4.62. The number of halogens is 2. The minimum Gasteiger partial charge on any atom is -0.336 e. The molecular weight excluding hydrogens is 321 g/mol. The zero-order valence-electron chi connectivity index (χ0n) is 12.9. The molecule has 1 aromatic carbocycles. The number of nitrogens with zero attached hydrogens (tertiary/aromatic N) is 2. The molecule has 22 heavy (non-hydrogen) atoms. The highest BCUT2D eigenvalue weighted by atomic mass is 35.5. The van der Waals surface area contributed by atoms with Crippen LogP contribution >= 0.6 is 23.2 Å². The molecule has 1 heterocycles. The van der Waals surface area contributed by atoms with E-state index < -0.39 is 0 Å². The van der Waals surface area contributed by atoms with Crippen LogP contribution in [0.2, 0.25) is 10.0 Å². The molecule has 0 bridgehead atoms. The van der Waals surface area contributed by atoms with E-state index in [2.05, 4.69) is 24.0 Å².